The lowest BCUT2D eigenvalue weighted by Gasteiger charge is -2.29. The minimum Gasteiger partial charge on any atom is -0.497 e. The largest absolute Gasteiger partial charge is 0.497 e. The van der Waals surface area contributed by atoms with E-state index in [1.54, 1.807) is 7.11 Å². The molecule has 0 saturated carbocycles. The highest BCUT2D eigenvalue weighted by Crippen LogP contribution is 2.39. The summed E-state index contributed by atoms with van der Waals surface area (Å²) in [5.41, 5.74) is 1.00. The van der Waals surface area contributed by atoms with Crippen molar-refractivity contribution in [2.45, 2.75) is 45.1 Å². The van der Waals surface area contributed by atoms with Crippen molar-refractivity contribution in [3.8, 4) is 5.75 Å². The lowest BCUT2D eigenvalue weighted by Crippen LogP contribution is -2.41. The second kappa shape index (κ2) is 9.92. The van der Waals surface area contributed by atoms with E-state index in [9.17, 15) is 9.59 Å². The number of nitrogens with zero attached hydrogens (tertiary/aromatic N) is 1. The first kappa shape index (κ1) is 20.6. The van der Waals surface area contributed by atoms with Gasteiger partial charge in [-0.05, 0) is 56.0 Å². The Balaban J connectivity index is 1.74. The van der Waals surface area contributed by atoms with Gasteiger partial charge in [0.2, 0.25) is 11.8 Å². The van der Waals surface area contributed by atoms with Crippen molar-refractivity contribution in [3.05, 3.63) is 29.8 Å². The lowest BCUT2D eigenvalue weighted by molar-refractivity contribution is -0.129. The van der Waals surface area contributed by atoms with E-state index in [0.717, 1.165) is 50.1 Å². The maximum atomic E-state index is 13.0. The van der Waals surface area contributed by atoms with Crippen LogP contribution in [0.15, 0.2) is 24.3 Å². The van der Waals surface area contributed by atoms with E-state index in [-0.39, 0.29) is 30.2 Å². The molecule has 0 aliphatic carbocycles. The summed E-state index contributed by atoms with van der Waals surface area (Å²) in [5.74, 6) is 0.992. The number of nitrogens with one attached hydrogen (secondary N) is 2. The first-order valence-electron chi connectivity index (χ1n) is 10.6. The molecule has 2 N–H and O–H groups in total. The van der Waals surface area contributed by atoms with Crippen LogP contribution in [-0.2, 0) is 9.59 Å². The molecule has 0 bridgehead atoms. The number of benzene rings is 1. The summed E-state index contributed by atoms with van der Waals surface area (Å²) in [6.07, 6.45) is 4.55. The zero-order valence-electron chi connectivity index (χ0n) is 17.1. The summed E-state index contributed by atoms with van der Waals surface area (Å²) < 4.78 is 5.26. The summed E-state index contributed by atoms with van der Waals surface area (Å²) in [6, 6.07) is 7.56. The monoisotopic (exact) mass is 387 g/mol. The summed E-state index contributed by atoms with van der Waals surface area (Å²) in [5, 5.41) is 6.52. The van der Waals surface area contributed by atoms with Gasteiger partial charge in [-0.3, -0.25) is 9.59 Å². The number of hydrogen-bond donors (Lipinski definition) is 2. The van der Waals surface area contributed by atoms with Crippen LogP contribution in [0.5, 0.6) is 5.75 Å². The zero-order valence-corrected chi connectivity index (χ0v) is 17.1. The molecule has 1 aromatic carbocycles. The van der Waals surface area contributed by atoms with Gasteiger partial charge in [0.15, 0.2) is 0 Å². The van der Waals surface area contributed by atoms with Crippen LogP contribution in [0.2, 0.25) is 0 Å². The molecule has 0 aromatic heterocycles. The summed E-state index contributed by atoms with van der Waals surface area (Å²) in [4.78, 5) is 27.6. The molecule has 2 fully saturated rings. The van der Waals surface area contributed by atoms with E-state index in [0.29, 0.717) is 19.0 Å². The number of ether oxygens (including phenoxy) is 1. The van der Waals surface area contributed by atoms with Crippen LogP contribution in [0.1, 0.15) is 50.6 Å². The SMILES string of the molecule is CCCCN1C(=O)CC(C(=O)NCC2CCCNC2)C1c1ccc(OC)cc1. The molecule has 1 aromatic rings. The second-order valence-electron chi connectivity index (χ2n) is 7.93. The predicted octanol–water partition coefficient (Wildman–Crippen LogP) is 2.50. The van der Waals surface area contributed by atoms with Gasteiger partial charge in [-0.1, -0.05) is 25.5 Å². The third kappa shape index (κ3) is 4.85. The quantitative estimate of drug-likeness (QED) is 0.719. The van der Waals surface area contributed by atoms with E-state index < -0.39 is 0 Å². The molecule has 28 heavy (non-hydrogen) atoms. The summed E-state index contributed by atoms with van der Waals surface area (Å²) >= 11 is 0. The number of methoxy groups -OCH3 is 1. The third-order valence-electron chi connectivity index (χ3n) is 5.94. The third-order valence-corrected chi connectivity index (χ3v) is 5.94. The standard InChI is InChI=1S/C22H33N3O3/c1-3-4-12-25-20(26)13-19(21(25)17-7-9-18(28-2)10-8-17)22(27)24-15-16-6-5-11-23-14-16/h7-10,16,19,21,23H,3-6,11-15H2,1-2H3,(H,24,27). The van der Waals surface area contributed by atoms with Crippen LogP contribution in [-0.4, -0.2) is 50.0 Å². The van der Waals surface area contributed by atoms with Crippen LogP contribution in [0, 0.1) is 11.8 Å². The second-order valence-corrected chi connectivity index (χ2v) is 7.93. The van der Waals surface area contributed by atoms with Crippen molar-refractivity contribution in [2.75, 3.05) is 33.3 Å². The van der Waals surface area contributed by atoms with Gasteiger partial charge in [0.1, 0.15) is 5.75 Å². The molecule has 2 aliphatic rings. The lowest BCUT2D eigenvalue weighted by atomic mass is 9.92. The van der Waals surface area contributed by atoms with Gasteiger partial charge in [0.05, 0.1) is 19.1 Å². The number of hydrogen-bond acceptors (Lipinski definition) is 4. The minimum atomic E-state index is -0.339. The number of amides is 2. The van der Waals surface area contributed by atoms with E-state index >= 15 is 0 Å². The molecule has 6 nitrogen and oxygen atoms in total. The molecule has 3 atom stereocenters. The average Bonchev–Trinajstić information content (AvgIpc) is 3.07. The number of carbonyl (C=O) groups is 2. The van der Waals surface area contributed by atoms with Crippen molar-refractivity contribution in [3.63, 3.8) is 0 Å². The fourth-order valence-corrected chi connectivity index (χ4v) is 4.31. The molecule has 6 heteroatoms. The Kier molecular flexibility index (Phi) is 7.31. The Morgan fingerprint density at radius 1 is 1.32 bits per heavy atom. The highest BCUT2D eigenvalue weighted by atomic mass is 16.5. The molecular formula is C22H33N3O3. The zero-order chi connectivity index (χ0) is 19.9. The van der Waals surface area contributed by atoms with Crippen molar-refractivity contribution in [2.24, 2.45) is 11.8 Å². The number of rotatable bonds is 8. The first-order chi connectivity index (χ1) is 13.6. The van der Waals surface area contributed by atoms with Crippen molar-refractivity contribution in [1.29, 1.82) is 0 Å². The minimum absolute atomic E-state index is 0.00117. The topological polar surface area (TPSA) is 70.7 Å². The van der Waals surface area contributed by atoms with E-state index in [1.807, 2.05) is 29.2 Å². The smallest absolute Gasteiger partial charge is 0.226 e. The van der Waals surface area contributed by atoms with Crippen molar-refractivity contribution < 1.29 is 14.3 Å². The van der Waals surface area contributed by atoms with E-state index in [2.05, 4.69) is 17.6 Å². The fraction of sp³-hybridized carbons (Fsp3) is 0.636. The Labute approximate surface area is 168 Å². The molecule has 2 saturated heterocycles. The average molecular weight is 388 g/mol. The fourth-order valence-electron chi connectivity index (χ4n) is 4.31. The summed E-state index contributed by atoms with van der Waals surface area (Å²) in [6.45, 7) is 5.51. The Morgan fingerprint density at radius 3 is 2.75 bits per heavy atom. The summed E-state index contributed by atoms with van der Waals surface area (Å²) in [7, 11) is 1.64. The normalized spacial score (nSPS) is 25.0. The van der Waals surface area contributed by atoms with Crippen LogP contribution < -0.4 is 15.4 Å². The van der Waals surface area contributed by atoms with E-state index in [1.165, 1.54) is 0 Å². The predicted molar refractivity (Wildman–Crippen MR) is 109 cm³/mol. The van der Waals surface area contributed by atoms with E-state index in [4.69, 9.17) is 4.74 Å². The van der Waals surface area contributed by atoms with Gasteiger partial charge in [-0.2, -0.15) is 0 Å². The highest BCUT2D eigenvalue weighted by molar-refractivity contribution is 5.90. The van der Waals surface area contributed by atoms with Crippen LogP contribution in [0.25, 0.3) is 0 Å². The maximum absolute atomic E-state index is 13.0. The molecular weight excluding hydrogens is 354 g/mol. The Hall–Kier alpha value is -2.08. The Bertz CT molecular complexity index is 655. The van der Waals surface area contributed by atoms with Crippen molar-refractivity contribution in [1.82, 2.24) is 15.5 Å². The number of likely N-dealkylation sites (tertiary alicyclic amines) is 1. The van der Waals surface area contributed by atoms with Gasteiger partial charge in [0.25, 0.3) is 0 Å². The Morgan fingerprint density at radius 2 is 2.11 bits per heavy atom. The van der Waals surface area contributed by atoms with Crippen molar-refractivity contribution >= 4 is 11.8 Å². The molecule has 2 aliphatic heterocycles. The van der Waals surface area contributed by atoms with Gasteiger partial charge in [-0.15, -0.1) is 0 Å². The highest BCUT2D eigenvalue weighted by Gasteiger charge is 2.44. The molecule has 3 unspecified atom stereocenters. The van der Waals surface area contributed by atoms with Gasteiger partial charge < -0.3 is 20.3 Å². The molecule has 0 spiro atoms. The molecule has 154 valence electrons. The molecule has 0 radical (unpaired) electrons. The molecule has 2 heterocycles. The maximum Gasteiger partial charge on any atom is 0.226 e. The number of piperidine rings is 1. The molecule has 3 rings (SSSR count). The number of carbonyl (C=O) groups excluding carboxylic acids is 2. The van der Waals surface area contributed by atoms with Crippen LogP contribution >= 0.6 is 0 Å². The first-order valence-corrected chi connectivity index (χ1v) is 10.6. The van der Waals surface area contributed by atoms with Crippen LogP contribution in [0.4, 0.5) is 0 Å². The number of unbranched alkanes of at least 4 members (excludes halogenated alkanes) is 1. The van der Waals surface area contributed by atoms with Gasteiger partial charge in [0, 0.05) is 19.5 Å². The molecule has 2 amide bonds. The van der Waals surface area contributed by atoms with Crippen LogP contribution in [0.3, 0.4) is 0 Å². The van der Waals surface area contributed by atoms with Gasteiger partial charge in [-0.25, -0.2) is 0 Å². The van der Waals surface area contributed by atoms with Gasteiger partial charge >= 0.3 is 0 Å².